The van der Waals surface area contributed by atoms with Crippen molar-refractivity contribution in [3.63, 3.8) is 0 Å². The molecule has 33 heavy (non-hydrogen) atoms. The molecular weight excluding hydrogens is 440 g/mol. The third kappa shape index (κ3) is 4.83. The number of carbonyl (C=O) groups excluding carboxylic acids is 2. The second kappa shape index (κ2) is 9.33. The molecule has 0 aliphatic heterocycles. The smallest absolute Gasteiger partial charge is 0.340 e. The first-order valence-corrected chi connectivity index (χ1v) is 11.2. The van der Waals surface area contributed by atoms with Crippen molar-refractivity contribution in [3.05, 3.63) is 92.3 Å². The van der Waals surface area contributed by atoms with E-state index in [9.17, 15) is 14.4 Å². The van der Waals surface area contributed by atoms with E-state index in [1.54, 1.807) is 36.4 Å². The Hall–Kier alpha value is -3.85. The summed E-state index contributed by atoms with van der Waals surface area (Å²) in [5.41, 5.74) is 1.88. The number of carbonyl (C=O) groups is 2. The molecule has 8 nitrogen and oxygen atoms in total. The van der Waals surface area contributed by atoms with Crippen LogP contribution in [0.1, 0.15) is 56.7 Å². The zero-order valence-corrected chi connectivity index (χ0v) is 19.2. The summed E-state index contributed by atoms with van der Waals surface area (Å²) in [6, 6.07) is 15.1. The second-order valence-electron chi connectivity index (χ2n) is 7.77. The molecule has 0 aliphatic carbocycles. The number of amides is 1. The summed E-state index contributed by atoms with van der Waals surface area (Å²) in [6.07, 6.45) is 0. The van der Waals surface area contributed by atoms with Crippen molar-refractivity contribution in [2.24, 2.45) is 0 Å². The Bertz CT molecular complexity index is 1410. The van der Waals surface area contributed by atoms with Crippen LogP contribution in [-0.4, -0.2) is 26.5 Å². The summed E-state index contributed by atoms with van der Waals surface area (Å²) < 4.78 is 6.66. The second-order valence-corrected chi connectivity index (χ2v) is 8.75. The molecule has 0 saturated carbocycles. The molecule has 0 atom stereocenters. The molecule has 2 heterocycles. The number of ether oxygens (including phenoxy) is 1. The van der Waals surface area contributed by atoms with Gasteiger partial charge in [-0.05, 0) is 30.7 Å². The molecule has 9 heteroatoms. The fourth-order valence-electron chi connectivity index (χ4n) is 3.18. The molecule has 2 aromatic carbocycles. The number of anilines is 1. The number of para-hydroxylation sites is 1. The van der Waals surface area contributed by atoms with Crippen LogP contribution in [0.2, 0.25) is 0 Å². The van der Waals surface area contributed by atoms with Crippen molar-refractivity contribution < 1.29 is 14.3 Å². The third-order valence-electron chi connectivity index (χ3n) is 4.94. The van der Waals surface area contributed by atoms with Gasteiger partial charge in [0.15, 0.2) is 0 Å². The number of rotatable bonds is 6. The highest BCUT2D eigenvalue weighted by molar-refractivity contribution is 7.16. The van der Waals surface area contributed by atoms with Gasteiger partial charge in [0.25, 0.3) is 11.5 Å². The molecule has 4 aromatic rings. The lowest BCUT2D eigenvalue weighted by Gasteiger charge is -2.12. The summed E-state index contributed by atoms with van der Waals surface area (Å²) in [6.45, 7) is 5.63. The van der Waals surface area contributed by atoms with E-state index in [0.717, 1.165) is 10.6 Å². The van der Waals surface area contributed by atoms with Crippen LogP contribution in [0.4, 0.5) is 5.69 Å². The van der Waals surface area contributed by atoms with E-state index in [-0.39, 0.29) is 29.6 Å². The average Bonchev–Trinajstić information content (AvgIpc) is 3.23. The lowest BCUT2D eigenvalue weighted by Crippen LogP contribution is -2.18. The maximum atomic E-state index is 12.8. The Labute approximate surface area is 193 Å². The van der Waals surface area contributed by atoms with E-state index in [1.165, 1.54) is 21.9 Å². The van der Waals surface area contributed by atoms with Gasteiger partial charge in [0.1, 0.15) is 11.6 Å². The lowest BCUT2D eigenvalue weighted by molar-refractivity contribution is 0.0469. The van der Waals surface area contributed by atoms with Crippen LogP contribution in [0.25, 0.3) is 4.96 Å². The Morgan fingerprint density at radius 3 is 2.52 bits per heavy atom. The van der Waals surface area contributed by atoms with Crippen molar-refractivity contribution in [3.8, 4) is 0 Å². The average molecular weight is 463 g/mol. The predicted molar refractivity (Wildman–Crippen MR) is 126 cm³/mol. The van der Waals surface area contributed by atoms with Crippen LogP contribution in [0.15, 0.2) is 59.4 Å². The largest absolute Gasteiger partial charge is 0.456 e. The van der Waals surface area contributed by atoms with Crippen LogP contribution in [0.5, 0.6) is 0 Å². The van der Waals surface area contributed by atoms with Gasteiger partial charge in [-0.3, -0.25) is 9.59 Å². The number of aromatic nitrogens is 3. The Balaban J connectivity index is 1.51. The van der Waals surface area contributed by atoms with Gasteiger partial charge in [-0.25, -0.2) is 9.78 Å². The van der Waals surface area contributed by atoms with E-state index >= 15 is 0 Å². The number of aryl methyl sites for hydroxylation is 1. The van der Waals surface area contributed by atoms with Gasteiger partial charge in [0, 0.05) is 17.5 Å². The number of fused-ring (bicyclic) bond motifs is 1. The monoisotopic (exact) mass is 462 g/mol. The highest BCUT2D eigenvalue weighted by Gasteiger charge is 2.17. The Morgan fingerprint density at radius 1 is 1.09 bits per heavy atom. The van der Waals surface area contributed by atoms with Gasteiger partial charge in [-0.15, -0.1) is 0 Å². The summed E-state index contributed by atoms with van der Waals surface area (Å²) in [7, 11) is 0. The number of nitrogens with one attached hydrogen (secondary N) is 1. The molecule has 0 radical (unpaired) electrons. The molecule has 0 bridgehead atoms. The van der Waals surface area contributed by atoms with Crippen LogP contribution in [0.3, 0.4) is 0 Å². The van der Waals surface area contributed by atoms with Gasteiger partial charge >= 0.3 is 5.97 Å². The molecule has 0 unspecified atom stereocenters. The van der Waals surface area contributed by atoms with Crippen molar-refractivity contribution in [2.75, 3.05) is 5.32 Å². The SMILES string of the molecule is Cc1ccccc1C(=O)Nc1ccccc1C(=O)OCc1cc(=O)n2nc(C(C)C)sc2n1. The maximum Gasteiger partial charge on any atom is 0.340 e. The van der Waals surface area contributed by atoms with Crippen LogP contribution in [-0.2, 0) is 11.3 Å². The quantitative estimate of drug-likeness (QED) is 0.431. The van der Waals surface area contributed by atoms with Crippen molar-refractivity contribution in [2.45, 2.75) is 33.3 Å². The van der Waals surface area contributed by atoms with Gasteiger partial charge in [-0.1, -0.05) is 55.5 Å². The number of benzene rings is 2. The molecule has 0 fully saturated rings. The molecule has 2 aromatic heterocycles. The number of esters is 1. The van der Waals surface area contributed by atoms with Crippen LogP contribution in [0, 0.1) is 6.92 Å². The zero-order valence-electron chi connectivity index (χ0n) is 18.4. The third-order valence-corrected chi connectivity index (χ3v) is 6.15. The highest BCUT2D eigenvalue weighted by atomic mass is 32.1. The summed E-state index contributed by atoms with van der Waals surface area (Å²) in [5.74, 6) is -0.784. The van der Waals surface area contributed by atoms with E-state index in [2.05, 4.69) is 15.4 Å². The van der Waals surface area contributed by atoms with Gasteiger partial charge in [0.05, 0.1) is 16.9 Å². The van der Waals surface area contributed by atoms with Crippen LogP contribution >= 0.6 is 11.3 Å². The van der Waals surface area contributed by atoms with Gasteiger partial charge < -0.3 is 10.1 Å². The van der Waals surface area contributed by atoms with E-state index in [1.807, 2.05) is 32.9 Å². The van der Waals surface area contributed by atoms with E-state index in [4.69, 9.17) is 4.74 Å². The Kier molecular flexibility index (Phi) is 6.32. The molecule has 1 N–H and O–H groups in total. The van der Waals surface area contributed by atoms with Crippen molar-refractivity contribution >= 4 is 33.9 Å². The van der Waals surface area contributed by atoms with Crippen molar-refractivity contribution in [1.82, 2.24) is 14.6 Å². The molecular formula is C24H22N4O4S. The fraction of sp³-hybridized carbons (Fsp3) is 0.208. The van der Waals surface area contributed by atoms with Gasteiger partial charge in [0.2, 0.25) is 4.96 Å². The van der Waals surface area contributed by atoms with E-state index in [0.29, 0.717) is 21.9 Å². The first kappa shape index (κ1) is 22.3. The standard InChI is InChI=1S/C24H22N4O4S/c1-14(2)22-27-28-20(29)12-16(25-24(28)33-22)13-32-23(31)18-10-6-7-11-19(18)26-21(30)17-9-5-4-8-15(17)3/h4-12,14H,13H2,1-3H3,(H,26,30). The molecule has 1 amide bonds. The minimum Gasteiger partial charge on any atom is -0.456 e. The molecule has 0 spiro atoms. The fourth-order valence-corrected chi connectivity index (χ4v) is 4.11. The molecule has 168 valence electrons. The molecule has 4 rings (SSSR count). The van der Waals surface area contributed by atoms with Gasteiger partial charge in [-0.2, -0.15) is 9.61 Å². The normalized spacial score (nSPS) is 11.0. The number of hydrogen-bond acceptors (Lipinski definition) is 7. The van der Waals surface area contributed by atoms with Crippen LogP contribution < -0.4 is 10.9 Å². The minimum absolute atomic E-state index is 0.170. The highest BCUT2D eigenvalue weighted by Crippen LogP contribution is 2.21. The number of hydrogen-bond donors (Lipinski definition) is 1. The maximum absolute atomic E-state index is 12.8. The summed E-state index contributed by atoms with van der Waals surface area (Å²) >= 11 is 1.33. The molecule has 0 aliphatic rings. The first-order chi connectivity index (χ1) is 15.8. The Morgan fingerprint density at radius 2 is 1.79 bits per heavy atom. The minimum atomic E-state index is -0.634. The molecule has 0 saturated heterocycles. The van der Waals surface area contributed by atoms with Crippen molar-refractivity contribution in [1.29, 1.82) is 0 Å². The predicted octanol–water partition coefficient (Wildman–Crippen LogP) is 4.19. The first-order valence-electron chi connectivity index (χ1n) is 10.4. The lowest BCUT2D eigenvalue weighted by atomic mass is 10.1. The summed E-state index contributed by atoms with van der Waals surface area (Å²) in [5, 5.41) is 7.85. The topological polar surface area (TPSA) is 103 Å². The summed E-state index contributed by atoms with van der Waals surface area (Å²) in [4.78, 5) is 42.7. The number of nitrogens with zero attached hydrogens (tertiary/aromatic N) is 3. The zero-order chi connectivity index (χ0) is 23.5. The van der Waals surface area contributed by atoms with E-state index < -0.39 is 5.97 Å².